The molecule has 126 valence electrons. The number of allylic oxidation sites excluding steroid dienone is 1. The maximum atomic E-state index is 12.2. The van der Waals surface area contributed by atoms with Crippen LogP contribution in [0.5, 0.6) is 11.5 Å². The molecular formula is C18H17Cl2NO3. The van der Waals surface area contributed by atoms with Crippen LogP contribution in [0.15, 0.2) is 42.5 Å². The van der Waals surface area contributed by atoms with Crippen LogP contribution in [0.1, 0.15) is 12.5 Å². The summed E-state index contributed by atoms with van der Waals surface area (Å²) in [6.07, 6.45) is 1.47. The molecule has 0 atom stereocenters. The molecule has 0 aliphatic rings. The summed E-state index contributed by atoms with van der Waals surface area (Å²) in [5.74, 6) is 0.991. The molecule has 0 aliphatic carbocycles. The normalized spacial score (nSPS) is 11.1. The first-order valence-corrected chi connectivity index (χ1v) is 7.87. The number of rotatable bonds is 5. The fourth-order valence-corrected chi connectivity index (χ4v) is 2.52. The van der Waals surface area contributed by atoms with E-state index in [2.05, 4.69) is 5.32 Å². The first kappa shape index (κ1) is 18.2. The maximum absolute atomic E-state index is 12.2. The molecule has 0 saturated heterocycles. The Kier molecular flexibility index (Phi) is 6.12. The zero-order valence-electron chi connectivity index (χ0n) is 13.5. The predicted molar refractivity (Wildman–Crippen MR) is 98.3 cm³/mol. The van der Waals surface area contributed by atoms with Crippen LogP contribution in [-0.2, 0) is 4.79 Å². The molecule has 0 bridgehead atoms. The zero-order valence-corrected chi connectivity index (χ0v) is 15.0. The van der Waals surface area contributed by atoms with E-state index >= 15 is 0 Å². The second-order valence-corrected chi connectivity index (χ2v) is 5.77. The summed E-state index contributed by atoms with van der Waals surface area (Å²) in [7, 11) is 3.15. The molecule has 0 aromatic heterocycles. The fourth-order valence-electron chi connectivity index (χ4n) is 2.17. The Morgan fingerprint density at radius 3 is 2.54 bits per heavy atom. The number of halogens is 2. The average Bonchev–Trinajstić information content (AvgIpc) is 2.58. The third kappa shape index (κ3) is 4.22. The highest BCUT2D eigenvalue weighted by atomic mass is 35.5. The van der Waals surface area contributed by atoms with Gasteiger partial charge in [-0.05, 0) is 36.8 Å². The van der Waals surface area contributed by atoms with Crippen molar-refractivity contribution in [2.45, 2.75) is 6.92 Å². The molecule has 2 aromatic carbocycles. The van der Waals surface area contributed by atoms with Gasteiger partial charge in [0.15, 0.2) is 0 Å². The van der Waals surface area contributed by atoms with Crippen molar-refractivity contribution in [3.63, 3.8) is 0 Å². The molecule has 24 heavy (non-hydrogen) atoms. The summed E-state index contributed by atoms with van der Waals surface area (Å²) in [6, 6.07) is 10.5. The molecule has 0 fully saturated rings. The summed E-state index contributed by atoms with van der Waals surface area (Å²) in [5, 5.41) is 3.40. The lowest BCUT2D eigenvalue weighted by atomic mass is 10.1. The molecule has 1 N–H and O–H groups in total. The van der Waals surface area contributed by atoms with E-state index in [9.17, 15) is 4.79 Å². The van der Waals surface area contributed by atoms with E-state index in [0.717, 1.165) is 11.1 Å². The molecule has 2 aromatic rings. The minimum Gasteiger partial charge on any atom is -0.497 e. The first-order chi connectivity index (χ1) is 11.5. The number of carbonyl (C=O) groups is 1. The Bertz CT molecular complexity index is 788. The van der Waals surface area contributed by atoms with Crippen molar-refractivity contribution in [1.82, 2.24) is 0 Å². The summed E-state index contributed by atoms with van der Waals surface area (Å²) in [5.41, 5.74) is 2.00. The standard InChI is InChI=1S/C18H17Cl2NO3/c1-11(13-8-7-12(23-2)10-16(13)24-3)9-17(22)21-15-6-4-5-14(19)18(15)20/h4-10H,1-3H3,(H,21,22)/b11-9+. The molecule has 0 spiro atoms. The molecule has 0 heterocycles. The van der Waals surface area contributed by atoms with E-state index in [1.54, 1.807) is 44.6 Å². The second kappa shape index (κ2) is 8.08. The van der Waals surface area contributed by atoms with Crippen LogP contribution in [0.25, 0.3) is 5.57 Å². The van der Waals surface area contributed by atoms with Gasteiger partial charge < -0.3 is 14.8 Å². The Morgan fingerprint density at radius 1 is 1.12 bits per heavy atom. The molecule has 0 saturated carbocycles. The Hall–Kier alpha value is -2.17. The predicted octanol–water partition coefficient (Wildman–Crippen LogP) is 5.05. The first-order valence-electron chi connectivity index (χ1n) is 7.12. The van der Waals surface area contributed by atoms with E-state index in [1.165, 1.54) is 6.08 Å². The third-order valence-corrected chi connectivity index (χ3v) is 4.21. The van der Waals surface area contributed by atoms with Gasteiger partial charge >= 0.3 is 0 Å². The summed E-state index contributed by atoms with van der Waals surface area (Å²) >= 11 is 12.0. The molecule has 2 rings (SSSR count). The van der Waals surface area contributed by atoms with Crippen molar-refractivity contribution >= 4 is 40.4 Å². The van der Waals surface area contributed by atoms with Crippen LogP contribution in [0.4, 0.5) is 5.69 Å². The van der Waals surface area contributed by atoms with Crippen molar-refractivity contribution in [3.8, 4) is 11.5 Å². The number of hydrogen-bond donors (Lipinski definition) is 1. The van der Waals surface area contributed by atoms with Crippen LogP contribution in [0, 0.1) is 0 Å². The van der Waals surface area contributed by atoms with Crippen molar-refractivity contribution in [2.24, 2.45) is 0 Å². The molecule has 4 nitrogen and oxygen atoms in total. The number of ether oxygens (including phenoxy) is 2. The van der Waals surface area contributed by atoms with Gasteiger partial charge in [-0.3, -0.25) is 4.79 Å². The highest BCUT2D eigenvalue weighted by molar-refractivity contribution is 6.44. The molecule has 6 heteroatoms. The number of nitrogens with one attached hydrogen (secondary N) is 1. The van der Waals surface area contributed by atoms with Gasteiger partial charge in [-0.25, -0.2) is 0 Å². The number of hydrogen-bond acceptors (Lipinski definition) is 3. The number of anilines is 1. The van der Waals surface area contributed by atoms with Crippen LogP contribution in [-0.4, -0.2) is 20.1 Å². The largest absolute Gasteiger partial charge is 0.497 e. The SMILES string of the molecule is COc1ccc(/C(C)=C/C(=O)Nc2cccc(Cl)c2Cl)c(OC)c1. The highest BCUT2D eigenvalue weighted by Gasteiger charge is 2.10. The smallest absolute Gasteiger partial charge is 0.248 e. The van der Waals surface area contributed by atoms with Gasteiger partial charge in [-0.1, -0.05) is 29.3 Å². The maximum Gasteiger partial charge on any atom is 0.248 e. The minimum atomic E-state index is -0.311. The molecule has 1 amide bonds. The van der Waals surface area contributed by atoms with Gasteiger partial charge in [0, 0.05) is 17.7 Å². The monoisotopic (exact) mass is 365 g/mol. The van der Waals surface area contributed by atoms with Gasteiger partial charge in [-0.15, -0.1) is 0 Å². The van der Waals surface area contributed by atoms with Gasteiger partial charge in [0.1, 0.15) is 11.5 Å². The molecule has 0 unspecified atom stereocenters. The lowest BCUT2D eigenvalue weighted by Crippen LogP contribution is -2.09. The highest BCUT2D eigenvalue weighted by Crippen LogP contribution is 2.31. The topological polar surface area (TPSA) is 47.6 Å². The summed E-state index contributed by atoms with van der Waals surface area (Å²) in [6.45, 7) is 1.82. The average molecular weight is 366 g/mol. The van der Waals surface area contributed by atoms with E-state index in [4.69, 9.17) is 32.7 Å². The van der Waals surface area contributed by atoms with E-state index in [1.807, 2.05) is 13.0 Å². The van der Waals surface area contributed by atoms with E-state index < -0.39 is 0 Å². The Balaban J connectivity index is 2.24. The minimum absolute atomic E-state index is 0.306. The van der Waals surface area contributed by atoms with Gasteiger partial charge in [0.25, 0.3) is 0 Å². The van der Waals surface area contributed by atoms with Crippen LogP contribution in [0.3, 0.4) is 0 Å². The molecular weight excluding hydrogens is 349 g/mol. The fraction of sp³-hybridized carbons (Fsp3) is 0.167. The van der Waals surface area contributed by atoms with E-state index in [0.29, 0.717) is 27.2 Å². The number of carbonyl (C=O) groups excluding carboxylic acids is 1. The third-order valence-electron chi connectivity index (χ3n) is 3.39. The van der Waals surface area contributed by atoms with Crippen LogP contribution >= 0.6 is 23.2 Å². The number of methoxy groups -OCH3 is 2. The molecule has 0 radical (unpaired) electrons. The summed E-state index contributed by atoms with van der Waals surface area (Å²) < 4.78 is 10.5. The van der Waals surface area contributed by atoms with Crippen molar-refractivity contribution in [3.05, 3.63) is 58.1 Å². The van der Waals surface area contributed by atoms with Crippen molar-refractivity contribution < 1.29 is 14.3 Å². The lowest BCUT2D eigenvalue weighted by Gasteiger charge is -2.11. The van der Waals surface area contributed by atoms with Crippen molar-refractivity contribution in [2.75, 3.05) is 19.5 Å². The lowest BCUT2D eigenvalue weighted by molar-refractivity contribution is -0.111. The van der Waals surface area contributed by atoms with Gasteiger partial charge in [0.2, 0.25) is 5.91 Å². The Labute approximate surface area is 151 Å². The summed E-state index contributed by atoms with van der Waals surface area (Å²) in [4.78, 5) is 12.2. The molecule has 0 aliphatic heterocycles. The van der Waals surface area contributed by atoms with Gasteiger partial charge in [0.05, 0.1) is 30.0 Å². The van der Waals surface area contributed by atoms with E-state index in [-0.39, 0.29) is 5.91 Å². The van der Waals surface area contributed by atoms with Gasteiger partial charge in [-0.2, -0.15) is 0 Å². The zero-order chi connectivity index (χ0) is 17.7. The van der Waals surface area contributed by atoms with Crippen molar-refractivity contribution in [1.29, 1.82) is 0 Å². The Morgan fingerprint density at radius 2 is 1.88 bits per heavy atom. The van der Waals surface area contributed by atoms with Crippen LogP contribution < -0.4 is 14.8 Å². The van der Waals surface area contributed by atoms with Crippen LogP contribution in [0.2, 0.25) is 10.0 Å². The second-order valence-electron chi connectivity index (χ2n) is 4.98. The number of benzene rings is 2. The number of amides is 1. The quantitative estimate of drug-likeness (QED) is 0.753.